The highest BCUT2D eigenvalue weighted by Gasteiger charge is 2.43. The molecule has 188 valence electrons. The summed E-state index contributed by atoms with van der Waals surface area (Å²) < 4.78 is 32.4. The van der Waals surface area contributed by atoms with Gasteiger partial charge in [0.25, 0.3) is 5.91 Å². The number of likely N-dealkylation sites (tertiary alicyclic amines) is 1. The minimum Gasteiger partial charge on any atom is -0.379 e. The molecule has 2 saturated heterocycles. The summed E-state index contributed by atoms with van der Waals surface area (Å²) in [6.07, 6.45) is 4.32. The van der Waals surface area contributed by atoms with Gasteiger partial charge in [-0.3, -0.25) is 4.79 Å². The summed E-state index contributed by atoms with van der Waals surface area (Å²) in [6.45, 7) is 5.59. The second-order valence-corrected chi connectivity index (χ2v) is 11.4. The second-order valence-electron chi connectivity index (χ2n) is 9.41. The number of piperidine rings is 1. The minimum absolute atomic E-state index is 0. The summed E-state index contributed by atoms with van der Waals surface area (Å²) in [5.41, 5.74) is 4.27. The predicted octanol–water partition coefficient (Wildman–Crippen LogP) is 3.29. The van der Waals surface area contributed by atoms with E-state index in [-0.39, 0.29) is 29.3 Å². The second kappa shape index (κ2) is 10.4. The van der Waals surface area contributed by atoms with Gasteiger partial charge in [-0.1, -0.05) is 29.8 Å². The molecule has 7 nitrogen and oxygen atoms in total. The molecule has 5 rings (SSSR count). The molecule has 0 N–H and O–H groups in total. The van der Waals surface area contributed by atoms with E-state index in [0.717, 1.165) is 30.8 Å². The molecule has 2 unspecified atom stereocenters. The third kappa shape index (κ3) is 5.04. The predicted molar refractivity (Wildman–Crippen MR) is 140 cm³/mol. The fourth-order valence-electron chi connectivity index (χ4n) is 5.30. The van der Waals surface area contributed by atoms with Gasteiger partial charge in [-0.25, -0.2) is 8.42 Å². The van der Waals surface area contributed by atoms with Crippen molar-refractivity contribution >= 4 is 40.1 Å². The van der Waals surface area contributed by atoms with Gasteiger partial charge in [-0.05, 0) is 62.3 Å². The number of hydrogen-bond acceptors (Lipinski definition) is 5. The molecule has 2 aromatic rings. The van der Waals surface area contributed by atoms with Crippen molar-refractivity contribution in [1.29, 1.82) is 0 Å². The van der Waals surface area contributed by atoms with Crippen molar-refractivity contribution in [2.24, 2.45) is 0 Å². The number of halogens is 1. The number of morpholine rings is 1. The lowest BCUT2D eigenvalue weighted by atomic mass is 9.89. The zero-order chi connectivity index (χ0) is 23.9. The highest BCUT2D eigenvalue weighted by Crippen LogP contribution is 2.45. The van der Waals surface area contributed by atoms with Gasteiger partial charge in [0.1, 0.15) is 0 Å². The van der Waals surface area contributed by atoms with Crippen LogP contribution in [0.1, 0.15) is 29.0 Å². The Morgan fingerprint density at radius 3 is 2.49 bits per heavy atom. The fraction of sp³-hybridized carbons (Fsp3) is 0.423. The maximum Gasteiger partial charge on any atom is 0.251 e. The van der Waals surface area contributed by atoms with Crippen LogP contribution in [0, 0.1) is 6.92 Å². The Labute approximate surface area is 213 Å². The monoisotopic (exact) mass is 517 g/mol. The molecule has 0 spiro atoms. The van der Waals surface area contributed by atoms with Crippen molar-refractivity contribution in [3.63, 3.8) is 0 Å². The molecule has 9 heteroatoms. The lowest BCUT2D eigenvalue weighted by Crippen LogP contribution is -2.46. The number of benzene rings is 2. The van der Waals surface area contributed by atoms with Crippen LogP contribution in [0.3, 0.4) is 0 Å². The molecule has 3 aliphatic rings. The van der Waals surface area contributed by atoms with Crippen LogP contribution < -0.4 is 4.90 Å². The van der Waals surface area contributed by atoms with Crippen molar-refractivity contribution < 1.29 is 17.9 Å². The van der Waals surface area contributed by atoms with Gasteiger partial charge in [0.05, 0.1) is 18.1 Å². The lowest BCUT2D eigenvalue weighted by Gasteiger charge is -2.36. The molecule has 0 aromatic heterocycles. The number of nitrogens with zero attached hydrogens (tertiary/aromatic N) is 3. The van der Waals surface area contributed by atoms with Crippen molar-refractivity contribution in [2.75, 3.05) is 51.3 Å². The van der Waals surface area contributed by atoms with E-state index in [1.54, 1.807) is 36.4 Å². The van der Waals surface area contributed by atoms with Gasteiger partial charge in [0.15, 0.2) is 0 Å². The van der Waals surface area contributed by atoms with Crippen LogP contribution in [0.2, 0.25) is 0 Å². The first-order valence-electron chi connectivity index (χ1n) is 11.8. The number of hydrogen-bond donors (Lipinski definition) is 0. The number of likely N-dealkylation sites (N-methyl/N-ethyl adjacent to an activating group) is 1. The van der Waals surface area contributed by atoms with Gasteiger partial charge >= 0.3 is 0 Å². The molecular formula is C26H32ClN3O4S. The maximum atomic E-state index is 13.3. The Balaban J connectivity index is 0.00000289. The fourth-order valence-corrected chi connectivity index (χ4v) is 6.71. The van der Waals surface area contributed by atoms with E-state index < -0.39 is 10.0 Å². The minimum atomic E-state index is -3.53. The maximum absolute atomic E-state index is 13.3. The van der Waals surface area contributed by atoms with Crippen LogP contribution in [-0.2, 0) is 19.6 Å². The van der Waals surface area contributed by atoms with Crippen molar-refractivity contribution in [1.82, 2.24) is 9.21 Å². The Morgan fingerprint density at radius 2 is 1.77 bits per heavy atom. The molecule has 0 radical (unpaired) electrons. The molecule has 3 aliphatic heterocycles. The summed E-state index contributed by atoms with van der Waals surface area (Å²) in [7, 11) is -1.39. The largest absolute Gasteiger partial charge is 0.379 e. The molecule has 35 heavy (non-hydrogen) atoms. The van der Waals surface area contributed by atoms with E-state index in [2.05, 4.69) is 37.1 Å². The van der Waals surface area contributed by atoms with Crippen LogP contribution in [0.15, 0.2) is 53.4 Å². The van der Waals surface area contributed by atoms with Crippen LogP contribution in [0.5, 0.6) is 0 Å². The Hall–Kier alpha value is -2.23. The average molecular weight is 518 g/mol. The number of rotatable bonds is 4. The number of anilines is 1. The molecule has 3 heterocycles. The summed E-state index contributed by atoms with van der Waals surface area (Å²) in [5, 5.41) is 0. The van der Waals surface area contributed by atoms with E-state index >= 15 is 0 Å². The van der Waals surface area contributed by atoms with Gasteiger partial charge < -0.3 is 14.5 Å². The topological polar surface area (TPSA) is 70.2 Å². The highest BCUT2D eigenvalue weighted by molar-refractivity contribution is 7.89. The van der Waals surface area contributed by atoms with Crippen molar-refractivity contribution in [3.8, 4) is 0 Å². The molecule has 2 fully saturated rings. The van der Waals surface area contributed by atoms with Gasteiger partial charge in [0, 0.05) is 43.4 Å². The van der Waals surface area contributed by atoms with Crippen molar-refractivity contribution in [3.05, 3.63) is 65.2 Å². The van der Waals surface area contributed by atoms with Crippen LogP contribution >= 0.6 is 12.4 Å². The highest BCUT2D eigenvalue weighted by atomic mass is 35.5. The molecule has 2 atom stereocenters. The number of aryl methyl sites for hydroxylation is 1. The third-order valence-corrected chi connectivity index (χ3v) is 9.01. The summed E-state index contributed by atoms with van der Waals surface area (Å²) >= 11 is 0. The lowest BCUT2D eigenvalue weighted by molar-refractivity contribution is -0.114. The SMILES string of the molecule is Cc1ccc2c(c1)C1CN(C)CCC1N2C(=O)/C=C/c1ccc(S(=O)(=O)N2CCOCC2)cc1.Cl. The van der Waals surface area contributed by atoms with E-state index in [4.69, 9.17) is 4.74 Å². The summed E-state index contributed by atoms with van der Waals surface area (Å²) in [6, 6.07) is 13.2. The Bertz CT molecular complexity index is 1210. The van der Waals surface area contributed by atoms with Gasteiger partial charge in [-0.15, -0.1) is 12.4 Å². The zero-order valence-electron chi connectivity index (χ0n) is 20.1. The quantitative estimate of drug-likeness (QED) is 0.582. The van der Waals surface area contributed by atoms with Crippen LogP contribution in [-0.4, -0.2) is 76.0 Å². The number of carbonyl (C=O) groups is 1. The van der Waals surface area contributed by atoms with Gasteiger partial charge in [0.2, 0.25) is 10.0 Å². The normalized spacial score (nSPS) is 23.1. The molecule has 0 bridgehead atoms. The van der Waals surface area contributed by atoms with Crippen LogP contribution in [0.4, 0.5) is 5.69 Å². The standard InChI is InChI=1S/C26H31N3O4S.ClH/c1-19-3-9-24-22(17-19)23-18-27(2)12-11-25(23)29(24)26(30)10-6-20-4-7-21(8-5-20)34(31,32)28-13-15-33-16-14-28;/h3-10,17,23,25H,11-16,18H2,1-2H3;1H/b10-6+;. The van der Waals surface area contributed by atoms with E-state index in [1.807, 2.05) is 4.90 Å². The number of amides is 1. The Kier molecular flexibility index (Phi) is 7.68. The van der Waals surface area contributed by atoms with E-state index in [1.165, 1.54) is 15.4 Å². The first kappa shape index (κ1) is 25.9. The molecule has 0 aliphatic carbocycles. The van der Waals surface area contributed by atoms with Gasteiger partial charge in [-0.2, -0.15) is 4.31 Å². The number of ether oxygens (including phenoxy) is 1. The van der Waals surface area contributed by atoms with Crippen LogP contribution in [0.25, 0.3) is 6.08 Å². The molecule has 1 amide bonds. The average Bonchev–Trinajstić information content (AvgIpc) is 3.16. The Morgan fingerprint density at radius 1 is 1.06 bits per heavy atom. The smallest absolute Gasteiger partial charge is 0.251 e. The summed E-state index contributed by atoms with van der Waals surface area (Å²) in [5.74, 6) is 0.294. The first-order chi connectivity index (χ1) is 16.3. The molecule has 0 saturated carbocycles. The van der Waals surface area contributed by atoms with Crippen molar-refractivity contribution in [2.45, 2.75) is 30.2 Å². The number of fused-ring (bicyclic) bond motifs is 3. The third-order valence-electron chi connectivity index (χ3n) is 7.10. The molecular weight excluding hydrogens is 486 g/mol. The van der Waals surface area contributed by atoms with E-state index in [9.17, 15) is 13.2 Å². The number of sulfonamides is 1. The zero-order valence-corrected chi connectivity index (χ0v) is 21.7. The number of carbonyl (C=O) groups excluding carboxylic acids is 1. The first-order valence-corrected chi connectivity index (χ1v) is 13.3. The summed E-state index contributed by atoms with van der Waals surface area (Å²) in [4.78, 5) is 17.9. The molecule has 2 aromatic carbocycles. The van der Waals surface area contributed by atoms with E-state index in [0.29, 0.717) is 32.2 Å².